The summed E-state index contributed by atoms with van der Waals surface area (Å²) in [6.07, 6.45) is 0.873. The lowest BCUT2D eigenvalue weighted by Gasteiger charge is -2.20. The monoisotopic (exact) mass is 557 g/mol. The quantitative estimate of drug-likeness (QED) is 0.246. The van der Waals surface area contributed by atoms with Crippen molar-refractivity contribution in [2.24, 2.45) is 4.99 Å². The molecule has 8 nitrogen and oxygen atoms in total. The molecule has 1 aromatic heterocycles. The van der Waals surface area contributed by atoms with Crippen molar-refractivity contribution in [2.75, 3.05) is 31.6 Å². The first-order chi connectivity index (χ1) is 14.4. The molecule has 1 aliphatic heterocycles. The van der Waals surface area contributed by atoms with E-state index in [2.05, 4.69) is 26.7 Å². The largest absolute Gasteiger partial charge is 0.462 e. The molecule has 0 spiro atoms. The van der Waals surface area contributed by atoms with E-state index in [4.69, 9.17) is 4.74 Å². The second kappa shape index (κ2) is 11.4. The average molecular weight is 557 g/mol. The number of hydrogen-bond donors (Lipinski definition) is 2. The van der Waals surface area contributed by atoms with Crippen molar-refractivity contribution in [1.29, 1.82) is 0 Å². The van der Waals surface area contributed by atoms with Gasteiger partial charge in [-0.25, -0.2) is 9.78 Å². The number of nitrogens with zero attached hydrogens (tertiary/aromatic N) is 3. The summed E-state index contributed by atoms with van der Waals surface area (Å²) < 4.78 is 5.08. The first kappa shape index (κ1) is 25.1. The molecule has 2 aromatic rings. The van der Waals surface area contributed by atoms with Crippen LogP contribution in [-0.4, -0.2) is 49.6 Å². The van der Waals surface area contributed by atoms with Crippen molar-refractivity contribution in [2.45, 2.75) is 33.2 Å². The van der Waals surface area contributed by atoms with Crippen LogP contribution in [0.5, 0.6) is 0 Å². The second-order valence-electron chi connectivity index (χ2n) is 6.90. The predicted octanol–water partition coefficient (Wildman–Crippen LogP) is 3.06. The molecule has 0 fully saturated rings. The average Bonchev–Trinajstić information content (AvgIpc) is 3.34. The van der Waals surface area contributed by atoms with Gasteiger partial charge in [-0.3, -0.25) is 9.79 Å². The highest BCUT2D eigenvalue weighted by molar-refractivity contribution is 14.0. The topological polar surface area (TPSA) is 95.9 Å². The Hall–Kier alpha value is -2.21. The molecule has 0 aliphatic carbocycles. The van der Waals surface area contributed by atoms with Gasteiger partial charge in [0.15, 0.2) is 5.96 Å². The maximum Gasteiger partial charge on any atom is 0.350 e. The van der Waals surface area contributed by atoms with E-state index in [9.17, 15) is 9.59 Å². The van der Waals surface area contributed by atoms with Crippen molar-refractivity contribution in [3.05, 3.63) is 45.4 Å². The van der Waals surface area contributed by atoms with Gasteiger partial charge in [-0.15, -0.1) is 35.3 Å². The van der Waals surface area contributed by atoms with Gasteiger partial charge in [0.25, 0.3) is 0 Å². The fraction of sp³-hybridized carbons (Fsp3) is 0.429. The molecule has 0 saturated carbocycles. The van der Waals surface area contributed by atoms with Crippen LogP contribution in [0.4, 0.5) is 5.69 Å². The molecule has 0 bridgehead atoms. The number of thiazole rings is 1. The molecule has 3 rings (SSSR count). The third-order valence-corrected chi connectivity index (χ3v) is 6.14. The smallest absolute Gasteiger partial charge is 0.350 e. The molecule has 0 saturated heterocycles. The predicted molar refractivity (Wildman–Crippen MR) is 134 cm³/mol. The van der Waals surface area contributed by atoms with Crippen LogP contribution in [0, 0.1) is 6.92 Å². The Bertz CT molecular complexity index is 962. The molecule has 2 N–H and O–H groups in total. The maximum atomic E-state index is 12.7. The lowest BCUT2D eigenvalue weighted by molar-refractivity contribution is -0.117. The fourth-order valence-electron chi connectivity index (χ4n) is 3.30. The van der Waals surface area contributed by atoms with Crippen LogP contribution in [-0.2, 0) is 16.0 Å². The maximum absolute atomic E-state index is 12.7. The number of rotatable bonds is 6. The van der Waals surface area contributed by atoms with E-state index in [0.29, 0.717) is 29.7 Å². The van der Waals surface area contributed by atoms with Crippen LogP contribution < -0.4 is 15.5 Å². The van der Waals surface area contributed by atoms with Gasteiger partial charge < -0.3 is 20.3 Å². The van der Waals surface area contributed by atoms with Crippen molar-refractivity contribution in [1.82, 2.24) is 15.6 Å². The first-order valence-corrected chi connectivity index (χ1v) is 10.8. The fourth-order valence-corrected chi connectivity index (χ4v) is 4.27. The van der Waals surface area contributed by atoms with Gasteiger partial charge in [0.05, 0.1) is 24.9 Å². The zero-order chi connectivity index (χ0) is 21.7. The lowest BCUT2D eigenvalue weighted by Crippen LogP contribution is -2.45. The Morgan fingerprint density at radius 3 is 2.81 bits per heavy atom. The SMILES string of the molecule is CCOC(=O)c1sc(C(C)NC(=NC)NCC(=O)N2CCc3ccccc32)nc1C.I. The molecule has 1 atom stereocenters. The van der Waals surface area contributed by atoms with Crippen molar-refractivity contribution >= 4 is 58.8 Å². The Morgan fingerprint density at radius 1 is 1.35 bits per heavy atom. The number of aliphatic imine (C=N–C) groups is 1. The number of amides is 1. The Balaban J connectivity index is 0.00000341. The van der Waals surface area contributed by atoms with E-state index in [1.165, 1.54) is 16.9 Å². The van der Waals surface area contributed by atoms with Crippen molar-refractivity contribution < 1.29 is 14.3 Å². The number of fused-ring (bicyclic) bond motifs is 1. The highest BCUT2D eigenvalue weighted by Gasteiger charge is 2.24. The molecule has 31 heavy (non-hydrogen) atoms. The summed E-state index contributed by atoms with van der Waals surface area (Å²) in [5.41, 5.74) is 2.82. The Labute approximate surface area is 203 Å². The number of carbonyl (C=O) groups excluding carboxylic acids is 2. The number of halogens is 1. The van der Waals surface area contributed by atoms with Crippen LogP contribution in [0.3, 0.4) is 0 Å². The molecule has 2 heterocycles. The zero-order valence-electron chi connectivity index (χ0n) is 18.1. The highest BCUT2D eigenvalue weighted by Crippen LogP contribution is 2.27. The van der Waals surface area contributed by atoms with Crippen molar-refractivity contribution in [3.63, 3.8) is 0 Å². The number of benzene rings is 1. The van der Waals surface area contributed by atoms with E-state index >= 15 is 0 Å². The van der Waals surface area contributed by atoms with Gasteiger partial charge in [-0.2, -0.15) is 0 Å². The zero-order valence-corrected chi connectivity index (χ0v) is 21.2. The van der Waals surface area contributed by atoms with E-state index in [-0.39, 0.29) is 48.4 Å². The van der Waals surface area contributed by atoms with Crippen LogP contribution in [0.2, 0.25) is 0 Å². The van der Waals surface area contributed by atoms with Crippen LogP contribution >= 0.6 is 35.3 Å². The summed E-state index contributed by atoms with van der Waals surface area (Å²) in [6, 6.07) is 7.78. The number of anilines is 1. The van der Waals surface area contributed by atoms with E-state index in [1.54, 1.807) is 25.8 Å². The molecule has 1 amide bonds. The highest BCUT2D eigenvalue weighted by atomic mass is 127. The van der Waals surface area contributed by atoms with Gasteiger partial charge in [0, 0.05) is 19.3 Å². The van der Waals surface area contributed by atoms with Gasteiger partial charge in [-0.05, 0) is 38.8 Å². The molecule has 1 aromatic carbocycles. The van der Waals surface area contributed by atoms with Crippen LogP contribution in [0.15, 0.2) is 29.3 Å². The summed E-state index contributed by atoms with van der Waals surface area (Å²) in [5, 5.41) is 7.05. The Kier molecular flexibility index (Phi) is 9.23. The van der Waals surface area contributed by atoms with E-state index in [1.807, 2.05) is 25.1 Å². The second-order valence-corrected chi connectivity index (χ2v) is 7.93. The number of hydrogen-bond acceptors (Lipinski definition) is 6. The number of para-hydroxylation sites is 1. The molecule has 1 aliphatic rings. The van der Waals surface area contributed by atoms with Gasteiger partial charge in [0.2, 0.25) is 5.91 Å². The number of aryl methyl sites for hydroxylation is 1. The van der Waals surface area contributed by atoms with Gasteiger partial charge in [-0.1, -0.05) is 18.2 Å². The third kappa shape index (κ3) is 5.94. The molecular weight excluding hydrogens is 529 g/mol. The number of carbonyl (C=O) groups is 2. The summed E-state index contributed by atoms with van der Waals surface area (Å²) >= 11 is 1.30. The van der Waals surface area contributed by atoms with Gasteiger partial charge in [0.1, 0.15) is 9.88 Å². The molecule has 1 unspecified atom stereocenters. The number of nitrogens with one attached hydrogen (secondary N) is 2. The minimum atomic E-state index is -0.357. The van der Waals surface area contributed by atoms with E-state index < -0.39 is 0 Å². The third-order valence-electron chi connectivity index (χ3n) is 4.82. The molecule has 168 valence electrons. The van der Waals surface area contributed by atoms with Crippen LogP contribution in [0.1, 0.15) is 45.8 Å². The summed E-state index contributed by atoms with van der Waals surface area (Å²) in [7, 11) is 1.65. The minimum absolute atomic E-state index is 0. The minimum Gasteiger partial charge on any atom is -0.462 e. The summed E-state index contributed by atoms with van der Waals surface area (Å²) in [6.45, 7) is 6.64. The number of guanidine groups is 1. The van der Waals surface area contributed by atoms with Gasteiger partial charge >= 0.3 is 5.97 Å². The molecular formula is C21H28IN5O3S. The Morgan fingerprint density at radius 2 is 2.10 bits per heavy atom. The van der Waals surface area contributed by atoms with Crippen molar-refractivity contribution in [3.8, 4) is 0 Å². The normalized spacial score (nSPS) is 13.8. The number of ether oxygens (including phenoxy) is 1. The summed E-state index contributed by atoms with van der Waals surface area (Å²) in [5.74, 6) is 0.129. The standard InChI is InChI=1S/C21H27N5O3S.HI/c1-5-29-20(28)18-13(2)24-19(30-18)14(3)25-21(22-4)23-12-17(27)26-11-10-15-8-6-7-9-16(15)26;/h6-9,14H,5,10-12H2,1-4H3,(H2,22,23,25);1H. The van der Waals surface area contributed by atoms with E-state index in [0.717, 1.165) is 17.1 Å². The summed E-state index contributed by atoms with van der Waals surface area (Å²) in [4.78, 5) is 35.7. The molecule has 10 heteroatoms. The number of aromatic nitrogens is 1. The molecule has 0 radical (unpaired) electrons. The first-order valence-electron chi connectivity index (χ1n) is 9.94. The number of esters is 1. The van der Waals surface area contributed by atoms with Crippen LogP contribution in [0.25, 0.3) is 0 Å². The lowest BCUT2D eigenvalue weighted by atomic mass is 10.2.